The maximum absolute atomic E-state index is 14.0. The van der Waals surface area contributed by atoms with Crippen LogP contribution >= 0.6 is 0 Å². The Morgan fingerprint density at radius 3 is 2.36 bits per heavy atom. The number of methoxy groups -OCH3 is 1. The number of benzene rings is 1. The Kier molecular flexibility index (Phi) is 7.52. The molecular weight excluding hydrogens is 520 g/mol. The van der Waals surface area contributed by atoms with Crippen LogP contribution in [0.4, 0.5) is 0 Å². The third kappa shape index (κ3) is 5.08. The molecule has 2 saturated heterocycles. The second-order valence-electron chi connectivity index (χ2n) is 11.2. The van der Waals surface area contributed by atoms with Crippen molar-refractivity contribution >= 4 is 16.0 Å². The van der Waals surface area contributed by atoms with Gasteiger partial charge in [-0.3, -0.25) is 4.79 Å². The van der Waals surface area contributed by atoms with E-state index in [1.54, 1.807) is 13.8 Å². The fourth-order valence-corrected chi connectivity index (χ4v) is 8.58. The lowest BCUT2D eigenvalue weighted by atomic mass is 9.88. The molecule has 9 nitrogen and oxygen atoms in total. The van der Waals surface area contributed by atoms with Gasteiger partial charge in [-0.2, -0.15) is 0 Å². The molecule has 3 heterocycles. The molecule has 1 unspecified atom stereocenters. The highest BCUT2D eigenvalue weighted by Gasteiger charge is 2.65. The molecule has 0 N–H and O–H groups in total. The molecule has 39 heavy (non-hydrogen) atoms. The number of sulfonamides is 1. The van der Waals surface area contributed by atoms with E-state index in [1.807, 2.05) is 25.1 Å². The van der Waals surface area contributed by atoms with Gasteiger partial charge in [-0.15, -0.1) is 0 Å². The number of hydrogen-bond acceptors (Lipinski definition) is 8. The maximum atomic E-state index is 14.0. The maximum Gasteiger partial charge on any atom is 0.328 e. The standard InChI is InChI=1S/C29H38N2O7S/c1-6-36-26-9-7-8-23(30-26)22-11-10-21(16-19(22)2)20-12-14-31(15-13-20)39(33,34)29(27(32)35-5)17-24-25(18-29)38-28(3,4)37-24/h7-11,16,20,24-25H,6,12-15,17-18H2,1-5H3/t24-,25+,29?. The number of rotatable bonds is 7. The van der Waals surface area contributed by atoms with Crippen LogP contribution < -0.4 is 4.74 Å². The third-order valence-electron chi connectivity index (χ3n) is 8.21. The molecule has 0 bridgehead atoms. The van der Waals surface area contributed by atoms with Gasteiger partial charge >= 0.3 is 5.97 Å². The largest absolute Gasteiger partial charge is 0.478 e. The second-order valence-corrected chi connectivity index (χ2v) is 13.4. The van der Waals surface area contributed by atoms with Crippen LogP contribution in [0.5, 0.6) is 5.88 Å². The van der Waals surface area contributed by atoms with Gasteiger partial charge in [-0.25, -0.2) is 17.7 Å². The minimum absolute atomic E-state index is 0.0369. The summed E-state index contributed by atoms with van der Waals surface area (Å²) in [5.74, 6) is -0.714. The zero-order valence-corrected chi connectivity index (χ0v) is 24.1. The fourth-order valence-electron chi connectivity index (χ4n) is 6.35. The van der Waals surface area contributed by atoms with Gasteiger partial charge in [0.1, 0.15) is 0 Å². The molecule has 0 spiro atoms. The number of piperidine rings is 1. The average Bonchev–Trinajstić information content (AvgIpc) is 3.40. The van der Waals surface area contributed by atoms with Gasteiger partial charge in [0.15, 0.2) is 10.5 Å². The van der Waals surface area contributed by atoms with E-state index in [0.717, 1.165) is 16.8 Å². The van der Waals surface area contributed by atoms with E-state index in [-0.39, 0.29) is 18.8 Å². The zero-order chi connectivity index (χ0) is 28.0. The Hall–Kier alpha value is -2.53. The summed E-state index contributed by atoms with van der Waals surface area (Å²) in [5, 5.41) is 0. The van der Waals surface area contributed by atoms with Crippen LogP contribution in [0.15, 0.2) is 36.4 Å². The summed E-state index contributed by atoms with van der Waals surface area (Å²) >= 11 is 0. The number of nitrogens with zero attached hydrogens (tertiary/aromatic N) is 2. The molecule has 2 aliphatic heterocycles. The normalized spacial score (nSPS) is 27.3. The molecule has 1 aromatic heterocycles. The van der Waals surface area contributed by atoms with Gasteiger partial charge in [0.25, 0.3) is 0 Å². The Balaban J connectivity index is 1.30. The first-order valence-corrected chi connectivity index (χ1v) is 15.1. The summed E-state index contributed by atoms with van der Waals surface area (Å²) in [4.78, 5) is 17.6. The van der Waals surface area contributed by atoms with Gasteiger partial charge in [0, 0.05) is 37.6 Å². The van der Waals surface area contributed by atoms with E-state index in [1.165, 1.54) is 17.0 Å². The van der Waals surface area contributed by atoms with Crippen LogP contribution in [-0.4, -0.2) is 73.2 Å². The number of aromatic nitrogens is 1. The molecule has 3 atom stereocenters. The van der Waals surface area contributed by atoms with Crippen molar-refractivity contribution in [2.75, 3.05) is 26.8 Å². The Morgan fingerprint density at radius 1 is 1.10 bits per heavy atom. The molecule has 1 saturated carbocycles. The van der Waals surface area contributed by atoms with E-state index < -0.39 is 38.7 Å². The minimum Gasteiger partial charge on any atom is -0.478 e. The number of ether oxygens (including phenoxy) is 4. The number of carbonyl (C=O) groups is 1. The van der Waals surface area contributed by atoms with Crippen LogP contribution in [0.2, 0.25) is 0 Å². The van der Waals surface area contributed by atoms with Crippen molar-refractivity contribution in [2.24, 2.45) is 0 Å². The Labute approximate surface area is 230 Å². The first-order chi connectivity index (χ1) is 18.5. The molecule has 212 valence electrons. The number of hydrogen-bond donors (Lipinski definition) is 0. The molecule has 5 rings (SSSR count). The number of carbonyl (C=O) groups excluding carboxylic acids is 1. The van der Waals surface area contributed by atoms with Gasteiger partial charge in [-0.05, 0) is 63.6 Å². The zero-order valence-electron chi connectivity index (χ0n) is 23.3. The molecule has 1 aliphatic carbocycles. The van der Waals surface area contributed by atoms with Crippen molar-refractivity contribution in [3.8, 4) is 17.1 Å². The van der Waals surface area contributed by atoms with Crippen LogP contribution in [-0.2, 0) is 29.0 Å². The van der Waals surface area contributed by atoms with Crippen molar-refractivity contribution in [3.05, 3.63) is 47.5 Å². The Bertz CT molecular complexity index is 1320. The third-order valence-corrected chi connectivity index (χ3v) is 10.7. The van der Waals surface area contributed by atoms with Crippen LogP contribution in [0.3, 0.4) is 0 Å². The number of pyridine rings is 1. The summed E-state index contributed by atoms with van der Waals surface area (Å²) in [6.07, 6.45) is 0.485. The first kappa shape index (κ1) is 28.0. The van der Waals surface area contributed by atoms with E-state index in [0.29, 0.717) is 38.4 Å². The summed E-state index contributed by atoms with van der Waals surface area (Å²) in [6.45, 7) is 8.84. The number of fused-ring (bicyclic) bond motifs is 1. The van der Waals surface area contributed by atoms with Crippen molar-refractivity contribution in [1.82, 2.24) is 9.29 Å². The molecule has 2 aromatic rings. The highest BCUT2D eigenvalue weighted by atomic mass is 32.2. The van der Waals surface area contributed by atoms with Gasteiger partial charge in [-0.1, -0.05) is 24.3 Å². The van der Waals surface area contributed by atoms with E-state index >= 15 is 0 Å². The monoisotopic (exact) mass is 558 g/mol. The summed E-state index contributed by atoms with van der Waals surface area (Å²) in [6, 6.07) is 12.1. The van der Waals surface area contributed by atoms with Gasteiger partial charge < -0.3 is 18.9 Å². The first-order valence-electron chi connectivity index (χ1n) is 13.6. The average molecular weight is 559 g/mol. The highest BCUT2D eigenvalue weighted by Crippen LogP contribution is 2.48. The topological polar surface area (TPSA) is 104 Å². The van der Waals surface area contributed by atoms with Crippen LogP contribution in [0.25, 0.3) is 11.3 Å². The summed E-state index contributed by atoms with van der Waals surface area (Å²) in [5.41, 5.74) is 4.18. The molecule has 0 radical (unpaired) electrons. The minimum atomic E-state index is -4.00. The van der Waals surface area contributed by atoms with Crippen molar-refractivity contribution in [1.29, 1.82) is 0 Å². The predicted molar refractivity (Wildman–Crippen MR) is 146 cm³/mol. The van der Waals surface area contributed by atoms with Crippen molar-refractivity contribution in [3.63, 3.8) is 0 Å². The van der Waals surface area contributed by atoms with Crippen molar-refractivity contribution < 1.29 is 32.2 Å². The van der Waals surface area contributed by atoms with Crippen LogP contribution in [0, 0.1) is 6.92 Å². The number of aryl methyl sites for hydroxylation is 1. The van der Waals surface area contributed by atoms with Gasteiger partial charge in [0.2, 0.25) is 15.9 Å². The summed E-state index contributed by atoms with van der Waals surface area (Å²) < 4.78 is 50.2. The molecule has 10 heteroatoms. The lowest BCUT2D eigenvalue weighted by Gasteiger charge is -2.37. The molecule has 1 aromatic carbocycles. The molecule has 3 fully saturated rings. The lowest BCUT2D eigenvalue weighted by molar-refractivity contribution is -0.160. The second kappa shape index (κ2) is 10.5. The highest BCUT2D eigenvalue weighted by molar-refractivity contribution is 7.91. The molecule has 3 aliphatic rings. The van der Waals surface area contributed by atoms with Gasteiger partial charge in [0.05, 0.1) is 31.6 Å². The number of esters is 1. The quantitative estimate of drug-likeness (QED) is 0.466. The summed E-state index contributed by atoms with van der Waals surface area (Å²) in [7, 11) is -2.76. The Morgan fingerprint density at radius 2 is 1.77 bits per heavy atom. The lowest BCUT2D eigenvalue weighted by Crippen LogP contribution is -2.55. The SMILES string of the molecule is CCOc1cccc(-c2ccc(C3CCN(S(=O)(=O)C4(C(=O)OC)C[C@@H]5OC(C)(C)O[C@@H]5C4)CC3)cc2C)n1. The van der Waals surface area contributed by atoms with E-state index in [2.05, 4.69) is 30.1 Å². The van der Waals surface area contributed by atoms with Crippen molar-refractivity contribution in [2.45, 2.75) is 82.0 Å². The molecular formula is C29H38N2O7S. The fraction of sp³-hybridized carbons (Fsp3) is 0.586. The van der Waals surface area contributed by atoms with E-state index in [4.69, 9.17) is 18.9 Å². The van der Waals surface area contributed by atoms with E-state index in [9.17, 15) is 13.2 Å². The smallest absolute Gasteiger partial charge is 0.328 e. The van der Waals surface area contributed by atoms with Crippen LogP contribution in [0.1, 0.15) is 63.5 Å². The molecule has 0 amide bonds. The predicted octanol–water partition coefficient (Wildman–Crippen LogP) is 4.19.